The summed E-state index contributed by atoms with van der Waals surface area (Å²) in [7, 11) is 5.27. The predicted octanol–water partition coefficient (Wildman–Crippen LogP) is 4.12. The molecule has 1 N–H and O–H groups in total. The third-order valence-corrected chi connectivity index (χ3v) is 5.59. The van der Waals surface area contributed by atoms with Crippen molar-refractivity contribution in [3.05, 3.63) is 64.2 Å². The molecule has 0 aliphatic carbocycles. The van der Waals surface area contributed by atoms with Gasteiger partial charge < -0.3 is 24.4 Å². The zero-order chi connectivity index (χ0) is 24.3. The fourth-order valence-electron chi connectivity index (χ4n) is 3.76. The fraction of sp³-hybridized carbons (Fsp3) is 0.360. The van der Waals surface area contributed by atoms with Crippen molar-refractivity contribution in [2.24, 2.45) is 0 Å². The summed E-state index contributed by atoms with van der Waals surface area (Å²) < 4.78 is 11.0. The van der Waals surface area contributed by atoms with E-state index < -0.39 is 17.7 Å². The molecule has 2 aromatic rings. The van der Waals surface area contributed by atoms with Gasteiger partial charge in [0.2, 0.25) is 0 Å². The normalized spacial score (nSPS) is 17.8. The summed E-state index contributed by atoms with van der Waals surface area (Å²) in [5.41, 5.74) is 1.01. The van der Waals surface area contributed by atoms with Crippen LogP contribution in [0.1, 0.15) is 31.0 Å². The van der Waals surface area contributed by atoms with E-state index in [9.17, 15) is 14.7 Å². The maximum absolute atomic E-state index is 13.1. The number of rotatable bonds is 8. The molecular weight excluding hydrogens is 444 g/mol. The molecule has 7 nitrogen and oxygen atoms in total. The number of ether oxygens (including phenoxy) is 2. The van der Waals surface area contributed by atoms with Gasteiger partial charge in [-0.15, -0.1) is 0 Å². The monoisotopic (exact) mass is 472 g/mol. The van der Waals surface area contributed by atoms with E-state index in [-0.39, 0.29) is 22.5 Å². The number of ketones is 1. The lowest BCUT2D eigenvalue weighted by atomic mass is 9.95. The smallest absolute Gasteiger partial charge is 0.295 e. The van der Waals surface area contributed by atoms with Crippen LogP contribution in [0.5, 0.6) is 11.5 Å². The molecule has 3 rings (SSSR count). The molecule has 1 fully saturated rings. The highest BCUT2D eigenvalue weighted by Crippen LogP contribution is 2.41. The number of halogens is 1. The maximum atomic E-state index is 13.1. The highest BCUT2D eigenvalue weighted by molar-refractivity contribution is 6.46. The first-order valence-corrected chi connectivity index (χ1v) is 11.1. The summed E-state index contributed by atoms with van der Waals surface area (Å²) in [5.74, 6) is -0.620. The molecule has 0 radical (unpaired) electrons. The SMILES string of the molecule is COc1ccc(/C(O)=C2\C(=O)C(=O)N(CCN(C)C)C2c2cccc(OC(C)C)c2)cc1Cl. The number of benzene rings is 2. The van der Waals surface area contributed by atoms with Crippen LogP contribution in [0, 0.1) is 0 Å². The molecule has 0 bridgehead atoms. The Kier molecular flexibility index (Phi) is 7.66. The number of hydrogen-bond donors (Lipinski definition) is 1. The van der Waals surface area contributed by atoms with E-state index in [2.05, 4.69) is 0 Å². The van der Waals surface area contributed by atoms with Gasteiger partial charge in [-0.3, -0.25) is 9.59 Å². The van der Waals surface area contributed by atoms with Crippen LogP contribution in [0.2, 0.25) is 5.02 Å². The summed E-state index contributed by atoms with van der Waals surface area (Å²) in [6.07, 6.45) is -0.0400. The Hall–Kier alpha value is -3.03. The second-order valence-electron chi connectivity index (χ2n) is 8.38. The Morgan fingerprint density at radius 3 is 2.52 bits per heavy atom. The number of amides is 1. The van der Waals surface area contributed by atoms with Crippen LogP contribution >= 0.6 is 11.6 Å². The summed E-state index contributed by atoms with van der Waals surface area (Å²) >= 11 is 6.24. The Morgan fingerprint density at radius 1 is 1.18 bits per heavy atom. The minimum Gasteiger partial charge on any atom is -0.507 e. The molecule has 0 saturated carbocycles. The summed E-state index contributed by atoms with van der Waals surface area (Å²) in [5, 5.41) is 11.5. The maximum Gasteiger partial charge on any atom is 0.295 e. The highest BCUT2D eigenvalue weighted by atomic mass is 35.5. The van der Waals surface area contributed by atoms with E-state index in [4.69, 9.17) is 21.1 Å². The molecule has 0 spiro atoms. The molecule has 176 valence electrons. The van der Waals surface area contributed by atoms with E-state index in [1.165, 1.54) is 18.1 Å². The second-order valence-corrected chi connectivity index (χ2v) is 8.79. The van der Waals surface area contributed by atoms with E-state index in [1.807, 2.05) is 51.0 Å². The topological polar surface area (TPSA) is 79.3 Å². The van der Waals surface area contributed by atoms with Gasteiger partial charge in [0.15, 0.2) is 0 Å². The zero-order valence-corrected chi connectivity index (χ0v) is 20.2. The molecule has 33 heavy (non-hydrogen) atoms. The number of Topliss-reactive ketones (excluding diaryl/α,β-unsaturated/α-hetero) is 1. The van der Waals surface area contributed by atoms with Crippen LogP contribution < -0.4 is 9.47 Å². The van der Waals surface area contributed by atoms with Crippen LogP contribution in [-0.2, 0) is 9.59 Å². The minimum atomic E-state index is -0.762. The van der Waals surface area contributed by atoms with Gasteiger partial charge in [-0.25, -0.2) is 0 Å². The number of nitrogens with zero attached hydrogens (tertiary/aromatic N) is 2. The molecule has 1 aliphatic rings. The van der Waals surface area contributed by atoms with Gasteiger partial charge in [0.25, 0.3) is 11.7 Å². The van der Waals surface area contributed by atoms with E-state index in [0.717, 1.165) is 0 Å². The summed E-state index contributed by atoms with van der Waals surface area (Å²) in [6, 6.07) is 11.2. The van der Waals surface area contributed by atoms with Gasteiger partial charge in [0.05, 0.1) is 29.9 Å². The summed E-state index contributed by atoms with van der Waals surface area (Å²) in [6.45, 7) is 4.71. The van der Waals surface area contributed by atoms with E-state index >= 15 is 0 Å². The first kappa shape index (κ1) is 24.6. The quantitative estimate of drug-likeness (QED) is 0.353. The standard InChI is InChI=1S/C25H29ClN2O5/c1-15(2)33-18-8-6-7-16(13-18)22-21(24(30)25(31)28(22)12-11-27(3)4)23(29)17-9-10-20(32-5)19(26)14-17/h6-10,13-15,22,29H,11-12H2,1-5H3/b23-21+. The number of likely N-dealkylation sites (tertiary alicyclic amines) is 1. The van der Waals surface area contributed by atoms with Crippen molar-refractivity contribution in [2.75, 3.05) is 34.3 Å². The molecule has 1 unspecified atom stereocenters. The first-order valence-electron chi connectivity index (χ1n) is 10.7. The van der Waals surface area contributed by atoms with E-state index in [0.29, 0.717) is 35.7 Å². The largest absolute Gasteiger partial charge is 0.507 e. The van der Waals surface area contributed by atoms with Crippen molar-refractivity contribution in [1.82, 2.24) is 9.80 Å². The lowest BCUT2D eigenvalue weighted by molar-refractivity contribution is -0.140. The lowest BCUT2D eigenvalue weighted by Crippen LogP contribution is -2.35. The van der Waals surface area contributed by atoms with Crippen molar-refractivity contribution in [1.29, 1.82) is 0 Å². The van der Waals surface area contributed by atoms with Crippen molar-refractivity contribution < 1.29 is 24.2 Å². The van der Waals surface area contributed by atoms with Crippen LogP contribution in [0.3, 0.4) is 0 Å². The number of carbonyl (C=O) groups is 2. The highest BCUT2D eigenvalue weighted by Gasteiger charge is 2.46. The number of aliphatic hydroxyl groups is 1. The van der Waals surface area contributed by atoms with Crippen molar-refractivity contribution in [2.45, 2.75) is 26.0 Å². The van der Waals surface area contributed by atoms with Crippen LogP contribution in [-0.4, -0.2) is 67.0 Å². The third-order valence-electron chi connectivity index (χ3n) is 5.30. The molecular formula is C25H29ClN2O5. The minimum absolute atomic E-state index is 0.0155. The van der Waals surface area contributed by atoms with E-state index in [1.54, 1.807) is 18.2 Å². The Bertz CT molecular complexity index is 1080. The Balaban J connectivity index is 2.15. The van der Waals surface area contributed by atoms with Gasteiger partial charge in [-0.05, 0) is 63.8 Å². The molecule has 1 aliphatic heterocycles. The molecule has 1 saturated heterocycles. The number of hydrogen-bond acceptors (Lipinski definition) is 6. The zero-order valence-electron chi connectivity index (χ0n) is 19.5. The molecule has 8 heteroatoms. The molecule has 1 atom stereocenters. The van der Waals surface area contributed by atoms with Gasteiger partial charge in [-0.2, -0.15) is 0 Å². The average Bonchev–Trinajstić information content (AvgIpc) is 3.01. The predicted molar refractivity (Wildman–Crippen MR) is 128 cm³/mol. The lowest BCUT2D eigenvalue weighted by Gasteiger charge is -2.27. The van der Waals surface area contributed by atoms with Gasteiger partial charge >= 0.3 is 0 Å². The fourth-order valence-corrected chi connectivity index (χ4v) is 4.02. The van der Waals surface area contributed by atoms with Crippen LogP contribution in [0.15, 0.2) is 48.0 Å². The van der Waals surface area contributed by atoms with Gasteiger partial charge in [0, 0.05) is 18.7 Å². The number of likely N-dealkylation sites (N-methyl/N-ethyl adjacent to an activating group) is 1. The average molecular weight is 473 g/mol. The number of aliphatic hydroxyl groups excluding tert-OH is 1. The van der Waals surface area contributed by atoms with Crippen molar-refractivity contribution in [3.8, 4) is 11.5 Å². The molecule has 0 aromatic heterocycles. The van der Waals surface area contributed by atoms with Crippen molar-refractivity contribution >= 4 is 29.1 Å². The third kappa shape index (κ3) is 5.31. The van der Waals surface area contributed by atoms with Gasteiger partial charge in [0.1, 0.15) is 17.3 Å². The van der Waals surface area contributed by atoms with Crippen LogP contribution in [0.25, 0.3) is 5.76 Å². The second kappa shape index (κ2) is 10.3. The Morgan fingerprint density at radius 2 is 1.91 bits per heavy atom. The first-order chi connectivity index (χ1) is 15.6. The van der Waals surface area contributed by atoms with Gasteiger partial charge in [-0.1, -0.05) is 23.7 Å². The molecule has 1 amide bonds. The van der Waals surface area contributed by atoms with Crippen LogP contribution in [0.4, 0.5) is 0 Å². The number of carbonyl (C=O) groups excluding carboxylic acids is 2. The number of methoxy groups -OCH3 is 1. The Labute approximate surface area is 199 Å². The summed E-state index contributed by atoms with van der Waals surface area (Å²) in [4.78, 5) is 29.6. The van der Waals surface area contributed by atoms with Crippen molar-refractivity contribution in [3.63, 3.8) is 0 Å². The molecule has 2 aromatic carbocycles. The molecule has 1 heterocycles.